The lowest BCUT2D eigenvalue weighted by Crippen LogP contribution is -2.57. The molecule has 6 nitrogen and oxygen atoms in total. The molecule has 2 heterocycles. The number of hydrogen-bond acceptors (Lipinski definition) is 4. The van der Waals surface area contributed by atoms with Crippen molar-refractivity contribution in [2.75, 3.05) is 6.61 Å². The number of rotatable bonds is 4. The van der Waals surface area contributed by atoms with Gasteiger partial charge in [0, 0.05) is 17.6 Å². The minimum absolute atomic E-state index is 0.000385. The first-order chi connectivity index (χ1) is 8.95. The van der Waals surface area contributed by atoms with Crippen LogP contribution in [0.3, 0.4) is 0 Å². The van der Waals surface area contributed by atoms with Crippen molar-refractivity contribution in [2.24, 2.45) is 5.73 Å². The highest BCUT2D eigenvalue weighted by atomic mass is 16.6. The van der Waals surface area contributed by atoms with Gasteiger partial charge in [-0.3, -0.25) is 4.79 Å². The van der Waals surface area contributed by atoms with Crippen LogP contribution in [0.2, 0.25) is 0 Å². The van der Waals surface area contributed by atoms with Crippen molar-refractivity contribution in [2.45, 2.75) is 49.7 Å². The summed E-state index contributed by atoms with van der Waals surface area (Å²) in [5, 5.41) is 8.92. The number of amides is 1. The fourth-order valence-corrected chi connectivity index (χ4v) is 3.33. The number of carbonyl (C=O) groups is 2. The van der Waals surface area contributed by atoms with Crippen molar-refractivity contribution in [1.29, 1.82) is 0 Å². The van der Waals surface area contributed by atoms with E-state index in [1.54, 1.807) is 4.90 Å². The SMILES string of the molecule is C=CCOC(=O)N1C2CCC1CC(N)(CC(=O)O)C2. The molecule has 2 saturated heterocycles. The molecule has 2 unspecified atom stereocenters. The number of aliphatic carboxylic acids is 1. The van der Waals surface area contributed by atoms with Crippen molar-refractivity contribution >= 4 is 12.1 Å². The Balaban J connectivity index is 2.04. The van der Waals surface area contributed by atoms with Crippen molar-refractivity contribution in [3.8, 4) is 0 Å². The molecule has 0 saturated carbocycles. The van der Waals surface area contributed by atoms with Crippen LogP contribution in [0.15, 0.2) is 12.7 Å². The number of nitrogens with two attached hydrogens (primary N) is 1. The van der Waals surface area contributed by atoms with E-state index in [-0.39, 0.29) is 31.2 Å². The Labute approximate surface area is 112 Å². The van der Waals surface area contributed by atoms with E-state index in [4.69, 9.17) is 15.6 Å². The number of ether oxygens (including phenoxy) is 1. The summed E-state index contributed by atoms with van der Waals surface area (Å²) in [6.45, 7) is 3.70. The summed E-state index contributed by atoms with van der Waals surface area (Å²) < 4.78 is 5.07. The molecular formula is C13H20N2O4. The smallest absolute Gasteiger partial charge is 0.410 e. The maximum absolute atomic E-state index is 11.9. The fourth-order valence-electron chi connectivity index (χ4n) is 3.33. The van der Waals surface area contributed by atoms with E-state index in [1.807, 2.05) is 0 Å². The number of carboxylic acid groups (broad SMARTS) is 1. The Morgan fingerprint density at radius 1 is 1.42 bits per heavy atom. The minimum Gasteiger partial charge on any atom is -0.481 e. The molecule has 2 aliphatic heterocycles. The molecule has 0 aromatic rings. The van der Waals surface area contributed by atoms with Crippen LogP contribution in [-0.4, -0.2) is 46.3 Å². The monoisotopic (exact) mass is 268 g/mol. The molecule has 19 heavy (non-hydrogen) atoms. The molecule has 2 aliphatic rings. The van der Waals surface area contributed by atoms with Gasteiger partial charge in [-0.1, -0.05) is 12.7 Å². The van der Waals surface area contributed by atoms with Gasteiger partial charge in [-0.2, -0.15) is 0 Å². The molecule has 1 amide bonds. The van der Waals surface area contributed by atoms with E-state index in [0.717, 1.165) is 12.8 Å². The van der Waals surface area contributed by atoms with Crippen LogP contribution in [-0.2, 0) is 9.53 Å². The van der Waals surface area contributed by atoms with Gasteiger partial charge in [-0.15, -0.1) is 0 Å². The molecule has 0 aliphatic carbocycles. The molecule has 2 fully saturated rings. The number of carbonyl (C=O) groups excluding carboxylic acids is 1. The van der Waals surface area contributed by atoms with Crippen LogP contribution < -0.4 is 5.73 Å². The van der Waals surface area contributed by atoms with Crippen molar-refractivity contribution in [1.82, 2.24) is 4.90 Å². The molecule has 2 rings (SSSR count). The largest absolute Gasteiger partial charge is 0.481 e. The Morgan fingerprint density at radius 2 is 2.00 bits per heavy atom. The number of piperidine rings is 1. The van der Waals surface area contributed by atoms with Crippen molar-refractivity contribution < 1.29 is 19.4 Å². The van der Waals surface area contributed by atoms with E-state index in [0.29, 0.717) is 12.8 Å². The van der Waals surface area contributed by atoms with E-state index in [2.05, 4.69) is 6.58 Å². The Bertz CT molecular complexity index is 382. The third kappa shape index (κ3) is 2.89. The normalized spacial score (nSPS) is 33.0. The standard InChI is InChI=1S/C13H20N2O4/c1-2-5-19-12(18)15-9-3-4-10(15)7-13(14,6-9)8-11(16)17/h2,9-10H,1,3-8,14H2,(H,16,17). The highest BCUT2D eigenvalue weighted by Crippen LogP contribution is 2.41. The predicted octanol–water partition coefficient (Wildman–Crippen LogP) is 1.11. The molecule has 0 aromatic carbocycles. The minimum atomic E-state index is -0.885. The zero-order valence-corrected chi connectivity index (χ0v) is 10.9. The zero-order valence-electron chi connectivity index (χ0n) is 10.9. The molecule has 106 valence electrons. The van der Waals surface area contributed by atoms with Gasteiger partial charge in [0.25, 0.3) is 0 Å². The molecule has 0 radical (unpaired) electrons. The van der Waals surface area contributed by atoms with Crippen LogP contribution in [0.4, 0.5) is 4.79 Å². The number of fused-ring (bicyclic) bond motifs is 2. The maximum Gasteiger partial charge on any atom is 0.410 e. The second kappa shape index (κ2) is 5.21. The van der Waals surface area contributed by atoms with Crippen molar-refractivity contribution in [3.05, 3.63) is 12.7 Å². The molecule has 2 bridgehead atoms. The molecule has 3 N–H and O–H groups in total. The zero-order chi connectivity index (χ0) is 14.0. The third-order valence-corrected chi connectivity index (χ3v) is 3.94. The van der Waals surface area contributed by atoms with Gasteiger partial charge in [-0.05, 0) is 25.7 Å². The van der Waals surface area contributed by atoms with Gasteiger partial charge in [0.1, 0.15) is 6.61 Å². The average molecular weight is 268 g/mol. The lowest BCUT2D eigenvalue weighted by atomic mass is 9.81. The second-order valence-corrected chi connectivity index (χ2v) is 5.50. The van der Waals surface area contributed by atoms with Gasteiger partial charge >= 0.3 is 12.1 Å². The van der Waals surface area contributed by atoms with Gasteiger partial charge in [-0.25, -0.2) is 4.79 Å². The van der Waals surface area contributed by atoms with Crippen molar-refractivity contribution in [3.63, 3.8) is 0 Å². The second-order valence-electron chi connectivity index (χ2n) is 5.50. The van der Waals surface area contributed by atoms with Crippen LogP contribution >= 0.6 is 0 Å². The van der Waals surface area contributed by atoms with Crippen LogP contribution in [0.1, 0.15) is 32.1 Å². The summed E-state index contributed by atoms with van der Waals surface area (Å²) in [5.41, 5.74) is 5.47. The van der Waals surface area contributed by atoms with Gasteiger partial charge in [0.2, 0.25) is 0 Å². The quantitative estimate of drug-likeness (QED) is 0.745. The highest BCUT2D eigenvalue weighted by Gasteiger charge is 2.49. The molecule has 0 spiro atoms. The molecule has 2 atom stereocenters. The first-order valence-electron chi connectivity index (χ1n) is 6.52. The maximum atomic E-state index is 11.9. The Kier molecular flexibility index (Phi) is 3.80. The summed E-state index contributed by atoms with van der Waals surface area (Å²) in [7, 11) is 0. The lowest BCUT2D eigenvalue weighted by molar-refractivity contribution is -0.139. The Hall–Kier alpha value is -1.56. The first kappa shape index (κ1) is 13.9. The average Bonchev–Trinajstić information content (AvgIpc) is 2.58. The number of nitrogens with zero attached hydrogens (tertiary/aromatic N) is 1. The highest BCUT2D eigenvalue weighted by molar-refractivity contribution is 5.70. The van der Waals surface area contributed by atoms with Gasteiger partial charge in [0.05, 0.1) is 6.42 Å². The van der Waals surface area contributed by atoms with Gasteiger partial charge < -0.3 is 20.5 Å². The Morgan fingerprint density at radius 3 is 2.47 bits per heavy atom. The summed E-state index contributed by atoms with van der Waals surface area (Å²) in [6.07, 6.45) is 3.93. The lowest BCUT2D eigenvalue weighted by Gasteiger charge is -2.43. The van der Waals surface area contributed by atoms with Gasteiger partial charge in [0.15, 0.2) is 0 Å². The molecule has 0 aromatic heterocycles. The van der Waals surface area contributed by atoms with E-state index in [1.165, 1.54) is 6.08 Å². The summed E-state index contributed by atoms with van der Waals surface area (Å²) in [5.74, 6) is -0.885. The number of carboxylic acids is 1. The first-order valence-corrected chi connectivity index (χ1v) is 6.52. The summed E-state index contributed by atoms with van der Waals surface area (Å²) in [4.78, 5) is 24.5. The van der Waals surface area contributed by atoms with E-state index < -0.39 is 11.5 Å². The third-order valence-electron chi connectivity index (χ3n) is 3.94. The topological polar surface area (TPSA) is 92.9 Å². The predicted molar refractivity (Wildman–Crippen MR) is 68.6 cm³/mol. The molecule has 6 heteroatoms. The fraction of sp³-hybridized carbons (Fsp3) is 0.692. The summed E-state index contributed by atoms with van der Waals surface area (Å²) >= 11 is 0. The van der Waals surface area contributed by atoms with E-state index >= 15 is 0 Å². The van der Waals surface area contributed by atoms with E-state index in [9.17, 15) is 9.59 Å². The van der Waals surface area contributed by atoms with Crippen LogP contribution in [0.5, 0.6) is 0 Å². The summed E-state index contributed by atoms with van der Waals surface area (Å²) in [6, 6.07) is 0.000769. The molecular weight excluding hydrogens is 248 g/mol. The van der Waals surface area contributed by atoms with Crippen LogP contribution in [0.25, 0.3) is 0 Å². The number of hydrogen-bond donors (Lipinski definition) is 2. The van der Waals surface area contributed by atoms with Crippen LogP contribution in [0, 0.1) is 0 Å².